The molecule has 0 amide bonds. The van der Waals surface area contributed by atoms with Crippen molar-refractivity contribution in [2.24, 2.45) is 0 Å². The third-order valence-corrected chi connectivity index (χ3v) is 3.47. The van der Waals surface area contributed by atoms with Crippen LogP contribution in [0.25, 0.3) is 16.5 Å². The van der Waals surface area contributed by atoms with Gasteiger partial charge in [-0.3, -0.25) is 4.79 Å². The van der Waals surface area contributed by atoms with E-state index in [1.165, 1.54) is 6.33 Å². The lowest BCUT2D eigenvalue weighted by Crippen LogP contribution is -2.40. The molecule has 1 aliphatic heterocycles. The molecule has 3 rings (SSSR count). The summed E-state index contributed by atoms with van der Waals surface area (Å²) in [6.07, 6.45) is 2.92. The highest BCUT2D eigenvalue weighted by Gasteiger charge is 2.18. The van der Waals surface area contributed by atoms with E-state index in [4.69, 9.17) is 0 Å². The van der Waals surface area contributed by atoms with E-state index in [9.17, 15) is 9.18 Å². The third-order valence-electron chi connectivity index (χ3n) is 3.47. The molecule has 1 N–H and O–H groups in total. The number of benzene rings is 1. The summed E-state index contributed by atoms with van der Waals surface area (Å²) in [6, 6.07) is 5.79. The molecule has 0 spiro atoms. The number of hydrogen-bond acceptors (Lipinski definition) is 5. The summed E-state index contributed by atoms with van der Waals surface area (Å²) in [4.78, 5) is 21.6. The van der Waals surface area contributed by atoms with Gasteiger partial charge in [0.2, 0.25) is 0 Å². The number of allylic oxidation sites excluding steroid dienone is 1. The van der Waals surface area contributed by atoms with E-state index in [1.54, 1.807) is 12.3 Å². The SMILES string of the molecule is O=C(F)/C(=C\N1CCNCC1)c1ncnc2ccccc12. The molecule has 1 aliphatic rings. The van der Waals surface area contributed by atoms with Crippen LogP contribution in [0.3, 0.4) is 0 Å². The van der Waals surface area contributed by atoms with Crippen LogP contribution in [0.1, 0.15) is 5.69 Å². The second-order valence-electron chi connectivity index (χ2n) is 4.84. The molecule has 6 heteroatoms. The molecule has 0 unspecified atom stereocenters. The zero-order valence-corrected chi connectivity index (χ0v) is 11.4. The molecule has 108 valence electrons. The van der Waals surface area contributed by atoms with Crippen molar-refractivity contribution in [2.45, 2.75) is 0 Å². The monoisotopic (exact) mass is 286 g/mol. The minimum Gasteiger partial charge on any atom is -0.374 e. The van der Waals surface area contributed by atoms with E-state index in [-0.39, 0.29) is 5.57 Å². The van der Waals surface area contributed by atoms with Crippen molar-refractivity contribution in [3.8, 4) is 0 Å². The molecule has 1 saturated heterocycles. The number of hydrogen-bond donors (Lipinski definition) is 1. The van der Waals surface area contributed by atoms with Crippen LogP contribution >= 0.6 is 0 Å². The van der Waals surface area contributed by atoms with Crippen LogP contribution in [0.2, 0.25) is 0 Å². The summed E-state index contributed by atoms with van der Waals surface area (Å²) in [5, 5.41) is 3.88. The molecule has 2 aromatic rings. The first-order valence-electron chi connectivity index (χ1n) is 6.82. The minimum absolute atomic E-state index is 0.0181. The fourth-order valence-electron chi connectivity index (χ4n) is 2.42. The summed E-state index contributed by atoms with van der Waals surface area (Å²) in [5.74, 6) is 0. The Morgan fingerprint density at radius 2 is 2.00 bits per heavy atom. The van der Waals surface area contributed by atoms with Gasteiger partial charge in [0.25, 0.3) is 0 Å². The predicted molar refractivity (Wildman–Crippen MR) is 78.1 cm³/mol. The van der Waals surface area contributed by atoms with Gasteiger partial charge in [-0.15, -0.1) is 0 Å². The van der Waals surface area contributed by atoms with Crippen LogP contribution in [-0.2, 0) is 4.79 Å². The first kappa shape index (κ1) is 13.6. The average Bonchev–Trinajstić information content (AvgIpc) is 2.53. The van der Waals surface area contributed by atoms with Gasteiger partial charge in [-0.25, -0.2) is 9.97 Å². The van der Waals surface area contributed by atoms with Crippen molar-refractivity contribution in [2.75, 3.05) is 26.2 Å². The zero-order valence-electron chi connectivity index (χ0n) is 11.4. The number of nitrogens with one attached hydrogen (secondary N) is 1. The number of rotatable bonds is 3. The summed E-state index contributed by atoms with van der Waals surface area (Å²) in [5.41, 5.74) is 1.01. The maximum atomic E-state index is 13.5. The third kappa shape index (κ3) is 2.90. The van der Waals surface area contributed by atoms with Gasteiger partial charge in [0, 0.05) is 37.8 Å². The van der Waals surface area contributed by atoms with E-state index in [0.717, 1.165) is 26.2 Å². The number of aromatic nitrogens is 2. The molecular weight excluding hydrogens is 271 g/mol. The lowest BCUT2D eigenvalue weighted by molar-refractivity contribution is -0.123. The number of carbonyl (C=O) groups is 1. The molecule has 21 heavy (non-hydrogen) atoms. The molecular formula is C15H15FN4O. The van der Waals surface area contributed by atoms with Crippen molar-refractivity contribution in [1.82, 2.24) is 20.2 Å². The molecule has 0 radical (unpaired) electrons. The average molecular weight is 286 g/mol. The van der Waals surface area contributed by atoms with E-state index in [2.05, 4.69) is 15.3 Å². The number of fused-ring (bicyclic) bond motifs is 1. The van der Waals surface area contributed by atoms with Crippen LogP contribution in [0.5, 0.6) is 0 Å². The number of carbonyl (C=O) groups excluding carboxylic acids is 1. The standard InChI is InChI=1S/C15H15FN4O/c16-15(21)12(9-20-7-5-17-6-8-20)14-11-3-1-2-4-13(11)18-10-19-14/h1-4,9-10,17H,5-8H2/b12-9-. The van der Waals surface area contributed by atoms with Crippen LogP contribution in [-0.4, -0.2) is 47.1 Å². The van der Waals surface area contributed by atoms with Gasteiger partial charge in [-0.2, -0.15) is 4.39 Å². The number of piperazine rings is 1. The molecule has 1 fully saturated rings. The lowest BCUT2D eigenvalue weighted by atomic mass is 10.1. The highest BCUT2D eigenvalue weighted by molar-refractivity contribution is 6.18. The second-order valence-corrected chi connectivity index (χ2v) is 4.84. The molecule has 0 atom stereocenters. The Balaban J connectivity index is 2.07. The second kappa shape index (κ2) is 5.97. The normalized spacial score (nSPS) is 16.2. The molecule has 2 heterocycles. The van der Waals surface area contributed by atoms with Crippen molar-refractivity contribution in [1.29, 1.82) is 0 Å². The van der Waals surface area contributed by atoms with Gasteiger partial charge in [0.05, 0.1) is 16.8 Å². The topological polar surface area (TPSA) is 58.1 Å². The Labute approximate surface area is 121 Å². The van der Waals surface area contributed by atoms with E-state index in [1.807, 2.05) is 23.1 Å². The van der Waals surface area contributed by atoms with Crippen LogP contribution in [0.4, 0.5) is 4.39 Å². The Morgan fingerprint density at radius 3 is 2.76 bits per heavy atom. The van der Waals surface area contributed by atoms with Crippen LogP contribution < -0.4 is 5.32 Å². The fraction of sp³-hybridized carbons (Fsp3) is 0.267. The largest absolute Gasteiger partial charge is 0.374 e. The molecule has 1 aromatic carbocycles. The maximum Gasteiger partial charge on any atom is 0.335 e. The van der Waals surface area contributed by atoms with Crippen LogP contribution in [0.15, 0.2) is 36.8 Å². The zero-order chi connectivity index (χ0) is 14.7. The fourth-order valence-corrected chi connectivity index (χ4v) is 2.42. The maximum absolute atomic E-state index is 13.5. The summed E-state index contributed by atoms with van der Waals surface area (Å²) in [7, 11) is 0. The van der Waals surface area contributed by atoms with Gasteiger partial charge in [0.15, 0.2) is 0 Å². The molecule has 0 saturated carbocycles. The first-order chi connectivity index (χ1) is 10.3. The number of para-hydroxylation sites is 1. The quantitative estimate of drug-likeness (QED) is 0.682. The molecule has 5 nitrogen and oxygen atoms in total. The first-order valence-corrected chi connectivity index (χ1v) is 6.82. The van der Waals surface area contributed by atoms with Crippen molar-refractivity contribution in [3.63, 3.8) is 0 Å². The van der Waals surface area contributed by atoms with Crippen molar-refractivity contribution in [3.05, 3.63) is 42.5 Å². The number of nitrogens with zero attached hydrogens (tertiary/aromatic N) is 3. The van der Waals surface area contributed by atoms with Crippen molar-refractivity contribution >= 4 is 22.5 Å². The number of halogens is 1. The molecule has 0 bridgehead atoms. The van der Waals surface area contributed by atoms with Gasteiger partial charge in [-0.05, 0) is 6.07 Å². The van der Waals surface area contributed by atoms with E-state index >= 15 is 0 Å². The summed E-state index contributed by atoms with van der Waals surface area (Å²) < 4.78 is 13.5. The Hall–Kier alpha value is -2.34. The smallest absolute Gasteiger partial charge is 0.335 e. The van der Waals surface area contributed by atoms with Gasteiger partial charge < -0.3 is 10.2 Å². The van der Waals surface area contributed by atoms with Gasteiger partial charge >= 0.3 is 6.04 Å². The van der Waals surface area contributed by atoms with Gasteiger partial charge in [-0.1, -0.05) is 18.2 Å². The Morgan fingerprint density at radius 1 is 1.24 bits per heavy atom. The summed E-state index contributed by atoms with van der Waals surface area (Å²) in [6.45, 7) is 3.10. The van der Waals surface area contributed by atoms with Gasteiger partial charge in [0.1, 0.15) is 6.33 Å². The molecule has 0 aliphatic carbocycles. The highest BCUT2D eigenvalue weighted by Crippen LogP contribution is 2.23. The highest BCUT2D eigenvalue weighted by atomic mass is 19.1. The van der Waals surface area contributed by atoms with E-state index < -0.39 is 6.04 Å². The predicted octanol–water partition coefficient (Wildman–Crippen LogP) is 1.37. The minimum atomic E-state index is -1.47. The van der Waals surface area contributed by atoms with E-state index in [0.29, 0.717) is 16.6 Å². The Bertz CT molecular complexity index is 690. The van der Waals surface area contributed by atoms with Crippen LogP contribution in [0, 0.1) is 0 Å². The lowest BCUT2D eigenvalue weighted by Gasteiger charge is -2.26. The molecule has 1 aromatic heterocycles. The summed E-state index contributed by atoms with van der Waals surface area (Å²) >= 11 is 0. The van der Waals surface area contributed by atoms with Crippen molar-refractivity contribution < 1.29 is 9.18 Å². The Kier molecular flexibility index (Phi) is 3.87.